The SMILES string of the molecule is O=C(Oc1ccccc1)C(C(=O)c1ccc(C(F)(F)F)cc1)N1CCCC1. The van der Waals surface area contributed by atoms with Gasteiger partial charge in [-0.2, -0.15) is 13.2 Å². The number of benzene rings is 2. The van der Waals surface area contributed by atoms with Gasteiger partial charge in [0.2, 0.25) is 0 Å². The maximum Gasteiger partial charge on any atom is 0.416 e. The van der Waals surface area contributed by atoms with Gasteiger partial charge < -0.3 is 4.74 Å². The topological polar surface area (TPSA) is 46.6 Å². The number of halogens is 3. The molecule has 0 aromatic heterocycles. The Morgan fingerprint density at radius 3 is 2.07 bits per heavy atom. The molecule has 0 spiro atoms. The number of Topliss-reactive ketones (excluding diaryl/α,β-unsaturated/α-hetero) is 1. The first-order chi connectivity index (χ1) is 12.9. The Bertz CT molecular complexity index is 797. The van der Waals surface area contributed by atoms with Crippen LogP contribution in [0.15, 0.2) is 54.6 Å². The van der Waals surface area contributed by atoms with E-state index in [1.807, 2.05) is 0 Å². The number of ketones is 1. The smallest absolute Gasteiger partial charge is 0.416 e. The third kappa shape index (κ3) is 4.54. The summed E-state index contributed by atoms with van der Waals surface area (Å²) >= 11 is 0. The molecule has 0 bridgehead atoms. The van der Waals surface area contributed by atoms with E-state index in [9.17, 15) is 22.8 Å². The molecule has 27 heavy (non-hydrogen) atoms. The van der Waals surface area contributed by atoms with E-state index in [0.29, 0.717) is 18.8 Å². The van der Waals surface area contributed by atoms with Crippen LogP contribution in [0.5, 0.6) is 5.75 Å². The van der Waals surface area contributed by atoms with Crippen molar-refractivity contribution in [2.75, 3.05) is 13.1 Å². The van der Waals surface area contributed by atoms with Crippen molar-refractivity contribution in [2.45, 2.75) is 25.1 Å². The maximum atomic E-state index is 12.9. The lowest BCUT2D eigenvalue weighted by Gasteiger charge is -2.24. The van der Waals surface area contributed by atoms with Gasteiger partial charge in [-0.3, -0.25) is 9.69 Å². The van der Waals surface area contributed by atoms with E-state index >= 15 is 0 Å². The Morgan fingerprint density at radius 1 is 0.926 bits per heavy atom. The number of alkyl halides is 3. The van der Waals surface area contributed by atoms with Crippen LogP contribution in [0.2, 0.25) is 0 Å². The van der Waals surface area contributed by atoms with Gasteiger partial charge in [0.25, 0.3) is 0 Å². The van der Waals surface area contributed by atoms with Gasteiger partial charge in [0.15, 0.2) is 11.8 Å². The monoisotopic (exact) mass is 377 g/mol. The first-order valence-electron chi connectivity index (χ1n) is 8.58. The summed E-state index contributed by atoms with van der Waals surface area (Å²) in [7, 11) is 0. The number of carbonyl (C=O) groups excluding carboxylic acids is 2. The van der Waals surface area contributed by atoms with Crippen molar-refractivity contribution in [3.63, 3.8) is 0 Å². The van der Waals surface area contributed by atoms with E-state index in [2.05, 4.69) is 0 Å². The van der Waals surface area contributed by atoms with E-state index in [0.717, 1.165) is 37.1 Å². The average molecular weight is 377 g/mol. The number of rotatable bonds is 5. The highest BCUT2D eigenvalue weighted by molar-refractivity contribution is 6.12. The molecule has 1 heterocycles. The lowest BCUT2D eigenvalue weighted by atomic mass is 10.0. The van der Waals surface area contributed by atoms with Crippen molar-refractivity contribution in [3.8, 4) is 5.75 Å². The molecule has 0 N–H and O–H groups in total. The Morgan fingerprint density at radius 2 is 1.52 bits per heavy atom. The summed E-state index contributed by atoms with van der Waals surface area (Å²) in [6.07, 6.45) is -2.80. The number of carbonyl (C=O) groups is 2. The first kappa shape index (κ1) is 19.1. The third-order valence-corrected chi connectivity index (χ3v) is 4.44. The van der Waals surface area contributed by atoms with Crippen molar-refractivity contribution in [1.82, 2.24) is 4.90 Å². The quantitative estimate of drug-likeness (QED) is 0.343. The molecule has 3 rings (SSSR count). The zero-order valence-electron chi connectivity index (χ0n) is 14.4. The average Bonchev–Trinajstić information content (AvgIpc) is 3.16. The van der Waals surface area contributed by atoms with Crippen molar-refractivity contribution in [1.29, 1.82) is 0 Å². The van der Waals surface area contributed by atoms with Crippen LogP contribution >= 0.6 is 0 Å². The number of ether oxygens (including phenoxy) is 1. The van der Waals surface area contributed by atoms with Crippen LogP contribution in [0.4, 0.5) is 13.2 Å². The summed E-state index contributed by atoms with van der Waals surface area (Å²) in [5.74, 6) is -0.980. The molecule has 0 amide bonds. The summed E-state index contributed by atoms with van der Waals surface area (Å²) in [6.45, 7) is 1.11. The van der Waals surface area contributed by atoms with Gasteiger partial charge in [-0.25, -0.2) is 4.79 Å². The van der Waals surface area contributed by atoms with E-state index < -0.39 is 29.5 Å². The van der Waals surface area contributed by atoms with Crippen molar-refractivity contribution >= 4 is 11.8 Å². The largest absolute Gasteiger partial charge is 0.425 e. The molecular weight excluding hydrogens is 359 g/mol. The van der Waals surface area contributed by atoms with Crippen LogP contribution in [0.3, 0.4) is 0 Å². The number of nitrogens with zero attached hydrogens (tertiary/aromatic N) is 1. The Balaban J connectivity index is 1.84. The summed E-state index contributed by atoms with van der Waals surface area (Å²) in [4.78, 5) is 27.3. The van der Waals surface area contributed by atoms with Crippen molar-refractivity contribution in [2.24, 2.45) is 0 Å². The number of para-hydroxylation sites is 1. The molecule has 0 saturated carbocycles. The van der Waals surface area contributed by atoms with Gasteiger partial charge in [0, 0.05) is 5.56 Å². The first-order valence-corrected chi connectivity index (χ1v) is 8.58. The van der Waals surface area contributed by atoms with E-state index in [4.69, 9.17) is 4.74 Å². The molecular formula is C20H18F3NO3. The zero-order chi connectivity index (χ0) is 19.4. The zero-order valence-corrected chi connectivity index (χ0v) is 14.4. The standard InChI is InChI=1S/C20H18F3NO3/c21-20(22,23)15-10-8-14(9-11-15)18(25)17(24-12-4-5-13-24)19(26)27-16-6-2-1-3-7-16/h1-3,6-11,17H,4-5,12-13H2. The van der Waals surface area contributed by atoms with E-state index in [1.54, 1.807) is 35.2 Å². The minimum atomic E-state index is -4.48. The molecule has 0 aliphatic carbocycles. The molecule has 7 heteroatoms. The normalized spacial score (nSPS) is 16.1. The highest BCUT2D eigenvalue weighted by atomic mass is 19.4. The van der Waals surface area contributed by atoms with Crippen LogP contribution in [-0.4, -0.2) is 35.8 Å². The summed E-state index contributed by atoms with van der Waals surface area (Å²) in [5.41, 5.74) is -0.798. The molecule has 2 aromatic carbocycles. The predicted octanol–water partition coefficient (Wildman–Crippen LogP) is 3.96. The van der Waals surface area contributed by atoms with Crippen LogP contribution < -0.4 is 4.74 Å². The Kier molecular flexibility index (Phi) is 5.60. The van der Waals surface area contributed by atoms with Gasteiger partial charge in [-0.15, -0.1) is 0 Å². The van der Waals surface area contributed by atoms with Crippen LogP contribution in [-0.2, 0) is 11.0 Å². The highest BCUT2D eigenvalue weighted by Crippen LogP contribution is 2.29. The fourth-order valence-electron chi connectivity index (χ4n) is 3.06. The molecule has 1 saturated heterocycles. The van der Waals surface area contributed by atoms with Gasteiger partial charge in [-0.05, 0) is 50.2 Å². The van der Waals surface area contributed by atoms with Gasteiger partial charge >= 0.3 is 12.1 Å². The number of hydrogen-bond acceptors (Lipinski definition) is 4. The van der Waals surface area contributed by atoms with Crippen molar-refractivity contribution < 1.29 is 27.5 Å². The minimum Gasteiger partial charge on any atom is -0.425 e. The lowest BCUT2D eigenvalue weighted by molar-refractivity contribution is -0.139. The van der Waals surface area contributed by atoms with Crippen LogP contribution in [0, 0.1) is 0 Å². The molecule has 0 radical (unpaired) electrons. The number of likely N-dealkylation sites (tertiary alicyclic amines) is 1. The Labute approximate surface area is 154 Å². The van der Waals surface area contributed by atoms with Crippen LogP contribution in [0.1, 0.15) is 28.8 Å². The minimum absolute atomic E-state index is 0.0462. The van der Waals surface area contributed by atoms with Gasteiger partial charge in [0.1, 0.15) is 5.75 Å². The molecule has 1 atom stereocenters. The second-order valence-corrected chi connectivity index (χ2v) is 6.32. The van der Waals surface area contributed by atoms with Crippen LogP contribution in [0.25, 0.3) is 0 Å². The number of hydrogen-bond donors (Lipinski definition) is 0. The second kappa shape index (κ2) is 7.92. The summed E-state index contributed by atoms with van der Waals surface area (Å²) in [6, 6.07) is 11.1. The van der Waals surface area contributed by atoms with Crippen molar-refractivity contribution in [3.05, 3.63) is 65.7 Å². The molecule has 1 fully saturated rings. The molecule has 4 nitrogen and oxygen atoms in total. The highest BCUT2D eigenvalue weighted by Gasteiger charge is 2.37. The molecule has 142 valence electrons. The fourth-order valence-corrected chi connectivity index (χ4v) is 3.06. The fraction of sp³-hybridized carbons (Fsp3) is 0.300. The van der Waals surface area contributed by atoms with E-state index in [1.165, 1.54) is 0 Å². The van der Waals surface area contributed by atoms with Gasteiger partial charge in [0.05, 0.1) is 5.56 Å². The summed E-state index contributed by atoms with van der Waals surface area (Å²) in [5, 5.41) is 0. The lowest BCUT2D eigenvalue weighted by Crippen LogP contribution is -2.47. The van der Waals surface area contributed by atoms with E-state index in [-0.39, 0.29) is 5.56 Å². The molecule has 2 aromatic rings. The molecule has 1 aliphatic heterocycles. The second-order valence-electron chi connectivity index (χ2n) is 6.32. The van der Waals surface area contributed by atoms with Gasteiger partial charge in [-0.1, -0.05) is 30.3 Å². The summed E-state index contributed by atoms with van der Waals surface area (Å²) < 4.78 is 43.5. The predicted molar refractivity (Wildman–Crippen MR) is 92.4 cm³/mol. The Hall–Kier alpha value is -2.67. The number of esters is 1. The molecule has 1 aliphatic rings. The maximum absolute atomic E-state index is 12.9. The molecule has 1 unspecified atom stereocenters. The third-order valence-electron chi connectivity index (χ3n) is 4.44.